The van der Waals surface area contributed by atoms with Gasteiger partial charge in [-0.1, -0.05) is 4.91 Å². The van der Waals surface area contributed by atoms with Gasteiger partial charge in [-0.3, -0.25) is 0 Å². The zero-order valence-electron chi connectivity index (χ0n) is 4.78. The molecule has 1 rings (SSSR count). The summed E-state index contributed by atoms with van der Waals surface area (Å²) in [4.78, 5) is 18.0. The molecule has 0 aliphatic carbocycles. The van der Waals surface area contributed by atoms with Crippen molar-refractivity contribution in [1.29, 1.82) is 0 Å². The van der Waals surface area contributed by atoms with Crippen molar-refractivity contribution in [2.24, 2.45) is 9.98 Å². The first-order chi connectivity index (χ1) is 4.20. The van der Waals surface area contributed by atoms with Crippen LogP contribution in [0.15, 0.2) is 9.98 Å². The molecule has 1 unspecified atom stereocenters. The molecular formula is C4H5BrN3O+. The van der Waals surface area contributed by atoms with E-state index in [2.05, 4.69) is 25.9 Å². The van der Waals surface area contributed by atoms with Crippen molar-refractivity contribution in [2.75, 3.05) is 0 Å². The van der Waals surface area contributed by atoms with Crippen LogP contribution in [0.2, 0.25) is 0 Å². The summed E-state index contributed by atoms with van der Waals surface area (Å²) in [5.41, 5.74) is 0. The highest BCUT2D eigenvalue weighted by Gasteiger charge is 2.18. The number of hydrogen-bond donors (Lipinski definition) is 0. The topological polar surface area (TPSA) is 44.8 Å². The van der Waals surface area contributed by atoms with Crippen LogP contribution in [0.3, 0.4) is 0 Å². The van der Waals surface area contributed by atoms with Gasteiger partial charge in [-0.15, -0.1) is 0 Å². The van der Waals surface area contributed by atoms with Crippen LogP contribution in [-0.2, 0) is 0 Å². The summed E-state index contributed by atoms with van der Waals surface area (Å²) in [7, 11) is 0. The Labute approximate surface area is 60.4 Å². The Balaban J connectivity index is 2.82. The first-order valence-electron chi connectivity index (χ1n) is 2.43. The lowest BCUT2D eigenvalue weighted by atomic mass is 10.6. The Kier molecular flexibility index (Phi) is 1.70. The lowest BCUT2D eigenvalue weighted by Crippen LogP contribution is -2.21. The molecule has 0 bridgehead atoms. The van der Waals surface area contributed by atoms with Crippen molar-refractivity contribution >= 4 is 27.0 Å². The van der Waals surface area contributed by atoms with E-state index < -0.39 is 0 Å². The van der Waals surface area contributed by atoms with Gasteiger partial charge >= 0.3 is 11.1 Å². The molecule has 0 fully saturated rings. The standard InChI is InChI=1S/C4H5BrN3O/c1-3-7-4(5)6-2-8(3)9/h2-3H,1H3/q+1. The van der Waals surface area contributed by atoms with Crippen molar-refractivity contribution in [3.8, 4) is 0 Å². The fourth-order valence-electron chi connectivity index (χ4n) is 0.445. The van der Waals surface area contributed by atoms with E-state index in [0.29, 0.717) is 9.50 Å². The number of rotatable bonds is 0. The molecule has 0 spiro atoms. The molecule has 0 aromatic rings. The Hall–Kier alpha value is -0.580. The number of amidine groups is 1. The van der Waals surface area contributed by atoms with Gasteiger partial charge < -0.3 is 0 Å². The minimum Gasteiger partial charge on any atom is -0.187 e. The van der Waals surface area contributed by atoms with Gasteiger partial charge in [-0.05, 0) is 9.75 Å². The molecule has 4 nitrogen and oxygen atoms in total. The molecule has 5 heteroatoms. The van der Waals surface area contributed by atoms with Crippen molar-refractivity contribution in [1.82, 2.24) is 0 Å². The summed E-state index contributed by atoms with van der Waals surface area (Å²) in [5.74, 6) is 0. The minimum atomic E-state index is -0.350. The number of nitroso groups, excluding NO2 is 1. The normalized spacial score (nSPS) is 26.2. The van der Waals surface area contributed by atoms with Gasteiger partial charge in [0, 0.05) is 22.9 Å². The van der Waals surface area contributed by atoms with Crippen LogP contribution < -0.4 is 0 Å². The van der Waals surface area contributed by atoms with Crippen LogP contribution in [0.5, 0.6) is 0 Å². The molecule has 1 aliphatic rings. The number of aliphatic imine (C=N–C) groups is 2. The van der Waals surface area contributed by atoms with Gasteiger partial charge in [0.2, 0.25) is 6.17 Å². The fraction of sp³-hybridized carbons (Fsp3) is 0.500. The Morgan fingerprint density at radius 1 is 1.89 bits per heavy atom. The van der Waals surface area contributed by atoms with E-state index in [1.165, 1.54) is 6.34 Å². The lowest BCUT2D eigenvalue weighted by Gasteiger charge is -1.97. The van der Waals surface area contributed by atoms with Crippen LogP contribution in [0.1, 0.15) is 6.92 Å². The molecular weight excluding hydrogens is 186 g/mol. The van der Waals surface area contributed by atoms with Crippen LogP contribution in [0, 0.1) is 4.91 Å². The number of nitrogens with zero attached hydrogens (tertiary/aromatic N) is 3. The van der Waals surface area contributed by atoms with E-state index in [0.717, 1.165) is 0 Å². The summed E-state index contributed by atoms with van der Waals surface area (Å²) in [6.07, 6.45) is 0.846. The third-order valence-corrected chi connectivity index (χ3v) is 1.35. The van der Waals surface area contributed by atoms with Crippen molar-refractivity contribution < 1.29 is 4.76 Å². The SMILES string of the molecule is CC1N=C(Br)N=C[N+]1=O. The molecule has 48 valence electrons. The average molecular weight is 191 g/mol. The van der Waals surface area contributed by atoms with Crippen molar-refractivity contribution in [3.63, 3.8) is 0 Å². The fourth-order valence-corrected chi connectivity index (χ4v) is 0.833. The molecule has 1 heterocycles. The molecule has 9 heavy (non-hydrogen) atoms. The Morgan fingerprint density at radius 3 is 3.00 bits per heavy atom. The molecule has 1 atom stereocenters. The molecule has 0 saturated heterocycles. The van der Waals surface area contributed by atoms with Crippen LogP contribution in [0.4, 0.5) is 0 Å². The predicted octanol–water partition coefficient (Wildman–Crippen LogP) is 0.904. The summed E-state index contributed by atoms with van der Waals surface area (Å²) in [6.45, 7) is 1.69. The zero-order chi connectivity index (χ0) is 6.85. The molecule has 0 aromatic carbocycles. The molecule has 0 saturated carbocycles. The molecule has 0 N–H and O–H groups in total. The third kappa shape index (κ3) is 1.41. The largest absolute Gasteiger partial charge is 0.330 e. The van der Waals surface area contributed by atoms with Gasteiger partial charge in [-0.2, -0.15) is 4.99 Å². The molecule has 0 amide bonds. The summed E-state index contributed by atoms with van der Waals surface area (Å²) in [6, 6.07) is 0. The molecule has 1 aliphatic heterocycles. The van der Waals surface area contributed by atoms with Gasteiger partial charge in [0.15, 0.2) is 0 Å². The maximum atomic E-state index is 10.6. The monoisotopic (exact) mass is 190 g/mol. The zero-order valence-corrected chi connectivity index (χ0v) is 6.37. The predicted molar refractivity (Wildman–Crippen MR) is 37.9 cm³/mol. The van der Waals surface area contributed by atoms with Crippen LogP contribution >= 0.6 is 15.9 Å². The van der Waals surface area contributed by atoms with E-state index in [4.69, 9.17) is 0 Å². The second kappa shape index (κ2) is 2.34. The average Bonchev–Trinajstić information content (AvgIpc) is 1.80. The van der Waals surface area contributed by atoms with E-state index in [1.54, 1.807) is 6.92 Å². The van der Waals surface area contributed by atoms with Crippen LogP contribution in [-0.4, -0.2) is 22.0 Å². The summed E-state index contributed by atoms with van der Waals surface area (Å²) < 4.78 is 1.16. The quantitative estimate of drug-likeness (QED) is 0.414. The van der Waals surface area contributed by atoms with Crippen molar-refractivity contribution in [3.05, 3.63) is 4.91 Å². The first kappa shape index (κ1) is 6.54. The Morgan fingerprint density at radius 2 is 2.56 bits per heavy atom. The van der Waals surface area contributed by atoms with Gasteiger partial charge in [0.05, 0.1) is 0 Å². The maximum Gasteiger partial charge on any atom is 0.330 e. The number of halogens is 1. The van der Waals surface area contributed by atoms with Gasteiger partial charge in [0.1, 0.15) is 0 Å². The molecule has 0 radical (unpaired) electrons. The van der Waals surface area contributed by atoms with Crippen LogP contribution in [0.25, 0.3) is 0 Å². The summed E-state index contributed by atoms with van der Waals surface area (Å²) in [5, 5.41) is 0. The summed E-state index contributed by atoms with van der Waals surface area (Å²) >= 11 is 3.04. The molecule has 0 aromatic heterocycles. The second-order valence-electron chi connectivity index (χ2n) is 1.63. The van der Waals surface area contributed by atoms with E-state index in [9.17, 15) is 4.91 Å². The smallest absolute Gasteiger partial charge is 0.187 e. The van der Waals surface area contributed by atoms with Crippen molar-refractivity contribution in [2.45, 2.75) is 13.1 Å². The highest BCUT2D eigenvalue weighted by Crippen LogP contribution is 2.01. The van der Waals surface area contributed by atoms with Gasteiger partial charge in [0.25, 0.3) is 0 Å². The van der Waals surface area contributed by atoms with E-state index in [1.807, 2.05) is 0 Å². The third-order valence-electron chi connectivity index (χ3n) is 0.940. The van der Waals surface area contributed by atoms with E-state index >= 15 is 0 Å². The maximum absolute atomic E-state index is 10.6. The highest BCUT2D eigenvalue weighted by molar-refractivity contribution is 9.18. The second-order valence-corrected chi connectivity index (χ2v) is 2.34. The number of hydrogen-bond acceptors (Lipinski definition) is 3. The minimum absolute atomic E-state index is 0.350. The lowest BCUT2D eigenvalue weighted by molar-refractivity contribution is -0.461. The first-order valence-corrected chi connectivity index (χ1v) is 3.22. The Bertz CT molecular complexity index is 198. The highest BCUT2D eigenvalue weighted by atomic mass is 79.9. The van der Waals surface area contributed by atoms with Gasteiger partial charge in [-0.25, -0.2) is 0 Å². The van der Waals surface area contributed by atoms with E-state index in [-0.39, 0.29) is 6.17 Å².